The quantitative estimate of drug-likeness (QED) is 0.593. The lowest BCUT2D eigenvalue weighted by Gasteiger charge is -2.25. The topological polar surface area (TPSA) is 105 Å². The number of fused-ring (bicyclic) bond motifs is 3. The fraction of sp³-hybridized carbons (Fsp3) is 0.423. The van der Waals surface area contributed by atoms with E-state index in [-0.39, 0.29) is 24.3 Å². The predicted molar refractivity (Wildman–Crippen MR) is 124 cm³/mol. The van der Waals surface area contributed by atoms with Crippen LogP contribution < -0.4 is 10.6 Å². The van der Waals surface area contributed by atoms with E-state index in [1.165, 1.54) is 0 Å². The molecule has 2 amide bonds. The Morgan fingerprint density at radius 2 is 1.61 bits per heavy atom. The second-order valence-electron chi connectivity index (χ2n) is 9.18. The Hall–Kier alpha value is -3.35. The number of amides is 2. The van der Waals surface area contributed by atoms with Gasteiger partial charge in [0.05, 0.1) is 5.92 Å². The van der Waals surface area contributed by atoms with Crippen LogP contribution in [0.4, 0.5) is 4.79 Å². The van der Waals surface area contributed by atoms with Crippen molar-refractivity contribution >= 4 is 18.0 Å². The molecule has 7 heteroatoms. The number of benzene rings is 2. The zero-order chi connectivity index (χ0) is 23.5. The molecule has 0 radical (unpaired) electrons. The molecule has 7 nitrogen and oxygen atoms in total. The first-order chi connectivity index (χ1) is 15.9. The normalized spacial score (nSPS) is 20.1. The average Bonchev–Trinajstić information content (AvgIpc) is 3.38. The number of ether oxygens (including phenoxy) is 1. The van der Waals surface area contributed by atoms with Gasteiger partial charge in [-0.1, -0.05) is 68.8 Å². The van der Waals surface area contributed by atoms with Crippen molar-refractivity contribution in [2.45, 2.75) is 51.1 Å². The van der Waals surface area contributed by atoms with Crippen molar-refractivity contribution in [2.24, 2.45) is 11.8 Å². The molecule has 0 aromatic heterocycles. The standard InChI is InChI=1S/C26H30N2O5/c1-15(2)23(24(29)27-22-13-7-12-20(22)25(30)31)28-26(32)33-14-21-18-10-5-3-8-16(18)17-9-4-6-11-19(17)21/h3-6,8-11,15,20-23H,7,12-14H2,1-2H3,(H,27,29)(H,28,32)(H,30,31)/t20?,22?,23-/m0/s1. The Morgan fingerprint density at radius 3 is 2.18 bits per heavy atom. The number of carbonyl (C=O) groups is 3. The molecule has 174 valence electrons. The molecule has 4 rings (SSSR count). The third-order valence-electron chi connectivity index (χ3n) is 6.73. The smallest absolute Gasteiger partial charge is 0.407 e. The summed E-state index contributed by atoms with van der Waals surface area (Å²) in [6, 6.07) is 15.0. The molecule has 3 atom stereocenters. The number of alkyl carbamates (subject to hydrolysis) is 1. The first-order valence-corrected chi connectivity index (χ1v) is 11.5. The van der Waals surface area contributed by atoms with E-state index in [4.69, 9.17) is 4.74 Å². The lowest BCUT2D eigenvalue weighted by Crippen LogP contribution is -2.53. The summed E-state index contributed by atoms with van der Waals surface area (Å²) in [5, 5.41) is 14.9. The van der Waals surface area contributed by atoms with Gasteiger partial charge >= 0.3 is 12.1 Å². The van der Waals surface area contributed by atoms with E-state index in [9.17, 15) is 19.5 Å². The van der Waals surface area contributed by atoms with Gasteiger partial charge in [-0.3, -0.25) is 9.59 Å². The number of carbonyl (C=O) groups excluding carboxylic acids is 2. The zero-order valence-corrected chi connectivity index (χ0v) is 18.9. The second kappa shape index (κ2) is 9.65. The van der Waals surface area contributed by atoms with E-state index >= 15 is 0 Å². The van der Waals surface area contributed by atoms with Gasteiger partial charge in [0.25, 0.3) is 0 Å². The summed E-state index contributed by atoms with van der Waals surface area (Å²) in [6.45, 7) is 3.82. The van der Waals surface area contributed by atoms with Gasteiger partial charge in [0.2, 0.25) is 5.91 Å². The van der Waals surface area contributed by atoms with Crippen molar-refractivity contribution in [1.29, 1.82) is 0 Å². The highest BCUT2D eigenvalue weighted by Gasteiger charge is 2.36. The fourth-order valence-electron chi connectivity index (χ4n) is 5.00. The SMILES string of the molecule is CC(C)[C@H](NC(=O)OCC1c2ccccc2-c2ccccc21)C(=O)NC1CCCC1C(=O)O. The van der Waals surface area contributed by atoms with Crippen LogP contribution in [-0.4, -0.2) is 41.8 Å². The summed E-state index contributed by atoms with van der Waals surface area (Å²) >= 11 is 0. The third kappa shape index (κ3) is 4.72. The third-order valence-corrected chi connectivity index (χ3v) is 6.73. The van der Waals surface area contributed by atoms with E-state index in [0.29, 0.717) is 12.8 Å². The number of hydrogen-bond acceptors (Lipinski definition) is 4. The summed E-state index contributed by atoms with van der Waals surface area (Å²) in [4.78, 5) is 36.9. The van der Waals surface area contributed by atoms with Gasteiger partial charge in [-0.2, -0.15) is 0 Å². The van der Waals surface area contributed by atoms with E-state index in [1.807, 2.05) is 50.2 Å². The number of aliphatic carboxylic acids is 1. The molecule has 0 saturated heterocycles. The molecular formula is C26H30N2O5. The van der Waals surface area contributed by atoms with E-state index in [1.54, 1.807) is 0 Å². The van der Waals surface area contributed by atoms with Crippen LogP contribution in [0.3, 0.4) is 0 Å². The molecular weight excluding hydrogens is 420 g/mol. The molecule has 2 aromatic rings. The summed E-state index contributed by atoms with van der Waals surface area (Å²) < 4.78 is 5.58. The first-order valence-electron chi connectivity index (χ1n) is 11.5. The van der Waals surface area contributed by atoms with Crippen LogP contribution in [0.25, 0.3) is 11.1 Å². The second-order valence-corrected chi connectivity index (χ2v) is 9.18. The highest BCUT2D eigenvalue weighted by Crippen LogP contribution is 2.44. The fourth-order valence-corrected chi connectivity index (χ4v) is 5.00. The van der Waals surface area contributed by atoms with E-state index in [0.717, 1.165) is 28.7 Å². The van der Waals surface area contributed by atoms with Crippen molar-refractivity contribution in [3.05, 3.63) is 59.7 Å². The largest absolute Gasteiger partial charge is 0.481 e. The van der Waals surface area contributed by atoms with Gasteiger partial charge in [-0.25, -0.2) is 4.79 Å². The van der Waals surface area contributed by atoms with Crippen molar-refractivity contribution in [2.75, 3.05) is 6.61 Å². The van der Waals surface area contributed by atoms with Crippen LogP contribution in [0, 0.1) is 11.8 Å². The van der Waals surface area contributed by atoms with Crippen LogP contribution in [0.5, 0.6) is 0 Å². The Bertz CT molecular complexity index is 1000. The molecule has 2 unspecified atom stereocenters. The Labute approximate surface area is 193 Å². The van der Waals surface area contributed by atoms with Crippen LogP contribution in [0.2, 0.25) is 0 Å². The summed E-state index contributed by atoms with van der Waals surface area (Å²) in [7, 11) is 0. The molecule has 0 aliphatic heterocycles. The van der Waals surface area contributed by atoms with Gasteiger partial charge in [0.15, 0.2) is 0 Å². The molecule has 1 fully saturated rings. The van der Waals surface area contributed by atoms with Crippen LogP contribution in [0.15, 0.2) is 48.5 Å². The minimum absolute atomic E-state index is 0.0655. The molecule has 2 aromatic carbocycles. The molecule has 2 aliphatic carbocycles. The molecule has 33 heavy (non-hydrogen) atoms. The number of rotatable bonds is 7. The maximum atomic E-state index is 12.9. The Morgan fingerprint density at radius 1 is 1.00 bits per heavy atom. The maximum Gasteiger partial charge on any atom is 0.407 e. The molecule has 0 bridgehead atoms. The summed E-state index contributed by atoms with van der Waals surface area (Å²) in [5.41, 5.74) is 4.52. The zero-order valence-electron chi connectivity index (χ0n) is 18.9. The van der Waals surface area contributed by atoms with Crippen LogP contribution in [0.1, 0.15) is 50.2 Å². The minimum Gasteiger partial charge on any atom is -0.481 e. The molecule has 1 saturated carbocycles. The highest BCUT2D eigenvalue weighted by molar-refractivity contribution is 5.87. The predicted octanol–water partition coefficient (Wildman–Crippen LogP) is 3.92. The van der Waals surface area contributed by atoms with Crippen LogP contribution >= 0.6 is 0 Å². The van der Waals surface area contributed by atoms with Gasteiger partial charge in [0.1, 0.15) is 12.6 Å². The lowest BCUT2D eigenvalue weighted by atomic mass is 9.98. The minimum atomic E-state index is -0.900. The van der Waals surface area contributed by atoms with Crippen LogP contribution in [-0.2, 0) is 14.3 Å². The summed E-state index contributed by atoms with van der Waals surface area (Å²) in [5.74, 6) is -2.12. The van der Waals surface area contributed by atoms with Crippen molar-refractivity contribution in [3.8, 4) is 11.1 Å². The van der Waals surface area contributed by atoms with Gasteiger partial charge in [0, 0.05) is 12.0 Å². The Balaban J connectivity index is 1.39. The number of carboxylic acids is 1. The maximum absolute atomic E-state index is 12.9. The summed E-state index contributed by atoms with van der Waals surface area (Å²) in [6.07, 6.45) is 1.27. The number of nitrogens with one attached hydrogen (secondary N) is 2. The highest BCUT2D eigenvalue weighted by atomic mass is 16.5. The van der Waals surface area contributed by atoms with E-state index in [2.05, 4.69) is 22.8 Å². The van der Waals surface area contributed by atoms with Crippen molar-refractivity contribution < 1.29 is 24.2 Å². The number of carboxylic acid groups (broad SMARTS) is 1. The monoisotopic (exact) mass is 450 g/mol. The van der Waals surface area contributed by atoms with Gasteiger partial charge in [-0.15, -0.1) is 0 Å². The van der Waals surface area contributed by atoms with Crippen molar-refractivity contribution in [3.63, 3.8) is 0 Å². The molecule has 0 spiro atoms. The molecule has 0 heterocycles. The Kier molecular flexibility index (Phi) is 6.67. The van der Waals surface area contributed by atoms with Gasteiger partial charge < -0.3 is 20.5 Å². The molecule has 3 N–H and O–H groups in total. The van der Waals surface area contributed by atoms with E-state index < -0.39 is 30.1 Å². The first kappa shape index (κ1) is 22.8. The average molecular weight is 451 g/mol. The van der Waals surface area contributed by atoms with Crippen molar-refractivity contribution in [1.82, 2.24) is 10.6 Å². The van der Waals surface area contributed by atoms with Gasteiger partial charge in [-0.05, 0) is 41.0 Å². The lowest BCUT2D eigenvalue weighted by molar-refractivity contribution is -0.142. The molecule has 2 aliphatic rings. The number of hydrogen-bond donors (Lipinski definition) is 3.